The number of benzene rings is 1. The highest BCUT2D eigenvalue weighted by Crippen LogP contribution is 2.39. The monoisotopic (exact) mass is 375 g/mol. The zero-order chi connectivity index (χ0) is 19.5. The summed E-state index contributed by atoms with van der Waals surface area (Å²) in [5.41, 5.74) is 1.04. The van der Waals surface area contributed by atoms with Crippen molar-refractivity contribution < 1.29 is 18.6 Å². The zero-order valence-corrected chi connectivity index (χ0v) is 16.5. The molecule has 1 aromatic heterocycles. The summed E-state index contributed by atoms with van der Waals surface area (Å²) in [7, 11) is 4.85. The number of aliphatic imine (C=N–C) groups is 1. The Hall–Kier alpha value is -2.83. The topological polar surface area (TPSA) is 77.3 Å². The summed E-state index contributed by atoms with van der Waals surface area (Å²) in [6.07, 6.45) is 3.21. The lowest BCUT2D eigenvalue weighted by Crippen LogP contribution is -2.38. The van der Waals surface area contributed by atoms with Gasteiger partial charge in [-0.2, -0.15) is 0 Å². The molecule has 7 heteroatoms. The second-order valence-electron chi connectivity index (χ2n) is 5.76. The molecule has 1 aromatic carbocycles. The van der Waals surface area contributed by atoms with Gasteiger partial charge in [-0.1, -0.05) is 6.07 Å². The van der Waals surface area contributed by atoms with E-state index in [0.717, 1.165) is 36.7 Å². The minimum absolute atomic E-state index is 0.608. The van der Waals surface area contributed by atoms with E-state index in [0.29, 0.717) is 30.3 Å². The number of guanidine groups is 1. The zero-order valence-electron chi connectivity index (χ0n) is 16.5. The van der Waals surface area contributed by atoms with Crippen LogP contribution in [0.5, 0.6) is 17.2 Å². The normalized spacial score (nSPS) is 11.2. The maximum Gasteiger partial charge on any atom is 0.203 e. The Morgan fingerprint density at radius 2 is 1.81 bits per heavy atom. The van der Waals surface area contributed by atoms with E-state index in [1.54, 1.807) is 27.6 Å². The van der Waals surface area contributed by atoms with Crippen LogP contribution >= 0.6 is 0 Å². The van der Waals surface area contributed by atoms with E-state index in [2.05, 4.69) is 15.6 Å². The first-order valence-corrected chi connectivity index (χ1v) is 9.05. The third-order valence-corrected chi connectivity index (χ3v) is 4.02. The molecule has 1 heterocycles. The van der Waals surface area contributed by atoms with Gasteiger partial charge in [-0.05, 0) is 31.5 Å². The first-order chi connectivity index (χ1) is 13.2. The van der Waals surface area contributed by atoms with Crippen LogP contribution in [-0.2, 0) is 12.8 Å². The largest absolute Gasteiger partial charge is 0.493 e. The second-order valence-corrected chi connectivity index (χ2v) is 5.76. The smallest absolute Gasteiger partial charge is 0.203 e. The van der Waals surface area contributed by atoms with E-state index in [-0.39, 0.29) is 0 Å². The van der Waals surface area contributed by atoms with Crippen LogP contribution < -0.4 is 24.8 Å². The first kappa shape index (κ1) is 20.5. The van der Waals surface area contributed by atoms with Crippen LogP contribution in [-0.4, -0.2) is 46.9 Å². The molecule has 0 fully saturated rings. The predicted octanol–water partition coefficient (Wildman–Crippen LogP) is 2.65. The highest BCUT2D eigenvalue weighted by atomic mass is 16.5. The highest BCUT2D eigenvalue weighted by Gasteiger charge is 2.15. The fourth-order valence-corrected chi connectivity index (χ4v) is 2.75. The number of nitrogens with zero attached hydrogens (tertiary/aromatic N) is 1. The lowest BCUT2D eigenvalue weighted by Gasteiger charge is -2.16. The summed E-state index contributed by atoms with van der Waals surface area (Å²) in [5, 5.41) is 6.60. The van der Waals surface area contributed by atoms with Crippen molar-refractivity contribution in [1.29, 1.82) is 0 Å². The Morgan fingerprint density at radius 3 is 2.44 bits per heavy atom. The van der Waals surface area contributed by atoms with Gasteiger partial charge in [0.25, 0.3) is 0 Å². The van der Waals surface area contributed by atoms with Gasteiger partial charge in [0.1, 0.15) is 5.76 Å². The number of furan rings is 1. The van der Waals surface area contributed by atoms with Gasteiger partial charge in [-0.25, -0.2) is 0 Å². The van der Waals surface area contributed by atoms with Crippen LogP contribution in [0, 0.1) is 0 Å². The molecule has 0 saturated carbocycles. The van der Waals surface area contributed by atoms with Crippen molar-refractivity contribution in [2.45, 2.75) is 19.8 Å². The molecule has 0 atom stereocenters. The molecule has 0 unspecified atom stereocenters. The van der Waals surface area contributed by atoms with Crippen molar-refractivity contribution in [3.8, 4) is 17.2 Å². The van der Waals surface area contributed by atoms with Crippen LogP contribution in [0.4, 0.5) is 0 Å². The van der Waals surface area contributed by atoms with Crippen molar-refractivity contribution in [3.05, 3.63) is 41.9 Å². The third kappa shape index (κ3) is 5.84. The van der Waals surface area contributed by atoms with Crippen LogP contribution in [0.25, 0.3) is 0 Å². The molecular weight excluding hydrogens is 346 g/mol. The van der Waals surface area contributed by atoms with Crippen molar-refractivity contribution >= 4 is 5.96 Å². The molecule has 7 nitrogen and oxygen atoms in total. The van der Waals surface area contributed by atoms with Gasteiger partial charge < -0.3 is 29.3 Å². The van der Waals surface area contributed by atoms with Gasteiger partial charge in [-0.15, -0.1) is 0 Å². The molecule has 0 spiro atoms. The summed E-state index contributed by atoms with van der Waals surface area (Å²) >= 11 is 0. The van der Waals surface area contributed by atoms with Crippen LogP contribution in [0.1, 0.15) is 18.2 Å². The van der Waals surface area contributed by atoms with Crippen molar-refractivity contribution in [2.24, 2.45) is 4.99 Å². The Morgan fingerprint density at radius 1 is 1.00 bits per heavy atom. The summed E-state index contributed by atoms with van der Waals surface area (Å²) < 4.78 is 21.6. The van der Waals surface area contributed by atoms with E-state index < -0.39 is 0 Å². The minimum atomic E-state index is 0.608. The molecular formula is C20H29N3O4. The predicted molar refractivity (Wildman–Crippen MR) is 106 cm³/mol. The second kappa shape index (κ2) is 11.0. The Kier molecular flexibility index (Phi) is 8.35. The van der Waals surface area contributed by atoms with Gasteiger partial charge in [0.15, 0.2) is 17.5 Å². The highest BCUT2D eigenvalue weighted by molar-refractivity contribution is 5.79. The average Bonchev–Trinajstić information content (AvgIpc) is 3.20. The number of methoxy groups -OCH3 is 3. The van der Waals surface area contributed by atoms with Crippen molar-refractivity contribution in [3.63, 3.8) is 0 Å². The van der Waals surface area contributed by atoms with Crippen LogP contribution in [0.3, 0.4) is 0 Å². The van der Waals surface area contributed by atoms with Crippen LogP contribution in [0.2, 0.25) is 0 Å². The fourth-order valence-electron chi connectivity index (χ4n) is 2.75. The lowest BCUT2D eigenvalue weighted by molar-refractivity contribution is 0.322. The molecule has 0 aliphatic carbocycles. The molecule has 0 amide bonds. The quantitative estimate of drug-likeness (QED) is 0.491. The summed E-state index contributed by atoms with van der Waals surface area (Å²) in [6.45, 7) is 4.20. The van der Waals surface area contributed by atoms with Crippen molar-refractivity contribution in [2.75, 3.05) is 41.0 Å². The third-order valence-electron chi connectivity index (χ3n) is 4.02. The minimum Gasteiger partial charge on any atom is -0.493 e. The number of hydrogen-bond acceptors (Lipinski definition) is 5. The molecule has 0 aliphatic heterocycles. The summed E-state index contributed by atoms with van der Waals surface area (Å²) in [4.78, 5) is 4.58. The Bertz CT molecular complexity index is 714. The van der Waals surface area contributed by atoms with E-state index in [4.69, 9.17) is 18.6 Å². The van der Waals surface area contributed by atoms with Gasteiger partial charge >= 0.3 is 0 Å². The number of hydrogen-bond donors (Lipinski definition) is 2. The molecule has 0 radical (unpaired) electrons. The summed E-state index contributed by atoms with van der Waals surface area (Å²) in [6, 6.07) is 7.72. The van der Waals surface area contributed by atoms with Gasteiger partial charge in [0, 0.05) is 31.6 Å². The standard InChI is InChI=1S/C20H29N3O4/c1-5-21-20(23-13-11-16-7-6-14-27-16)22-12-10-15-8-9-17(24-2)19(26-4)18(15)25-3/h6-9,14H,5,10-13H2,1-4H3,(H2,21,22,23). The van der Waals surface area contributed by atoms with Gasteiger partial charge in [-0.3, -0.25) is 4.99 Å². The number of nitrogens with one attached hydrogen (secondary N) is 2. The molecule has 2 rings (SSSR count). The Balaban J connectivity index is 1.95. The molecule has 0 bridgehead atoms. The van der Waals surface area contributed by atoms with E-state index in [9.17, 15) is 0 Å². The fraction of sp³-hybridized carbons (Fsp3) is 0.450. The van der Waals surface area contributed by atoms with E-state index in [1.807, 2.05) is 31.2 Å². The first-order valence-electron chi connectivity index (χ1n) is 9.05. The van der Waals surface area contributed by atoms with Crippen molar-refractivity contribution in [1.82, 2.24) is 10.6 Å². The van der Waals surface area contributed by atoms with Crippen LogP contribution in [0.15, 0.2) is 39.9 Å². The Labute approximate surface area is 160 Å². The van der Waals surface area contributed by atoms with Gasteiger partial charge in [0.2, 0.25) is 5.75 Å². The number of rotatable bonds is 10. The summed E-state index contributed by atoms with van der Waals surface area (Å²) in [5.74, 6) is 3.67. The number of ether oxygens (including phenoxy) is 3. The van der Waals surface area contributed by atoms with Gasteiger partial charge in [0.05, 0.1) is 27.6 Å². The van der Waals surface area contributed by atoms with E-state index in [1.165, 1.54) is 0 Å². The molecule has 2 N–H and O–H groups in total. The lowest BCUT2D eigenvalue weighted by atomic mass is 10.1. The maximum atomic E-state index is 5.53. The SMILES string of the molecule is CCNC(=NCCc1ccco1)NCCc1ccc(OC)c(OC)c1OC. The molecule has 0 aliphatic rings. The molecule has 0 saturated heterocycles. The van der Waals surface area contributed by atoms with E-state index >= 15 is 0 Å². The average molecular weight is 375 g/mol. The maximum absolute atomic E-state index is 5.53. The molecule has 148 valence electrons. The molecule has 2 aromatic rings. The molecule has 27 heavy (non-hydrogen) atoms.